The van der Waals surface area contributed by atoms with E-state index in [-0.39, 0.29) is 11.8 Å². The number of hydrogen-bond acceptors (Lipinski definition) is 3. The molecule has 1 aromatic carbocycles. The Bertz CT molecular complexity index is 776. The molecule has 1 aromatic heterocycles. The van der Waals surface area contributed by atoms with Crippen molar-refractivity contribution in [3.8, 4) is 5.69 Å². The summed E-state index contributed by atoms with van der Waals surface area (Å²) in [6.45, 7) is 6.07. The van der Waals surface area contributed by atoms with E-state index in [0.29, 0.717) is 17.3 Å². The van der Waals surface area contributed by atoms with Crippen LogP contribution in [0.4, 0.5) is 5.82 Å². The van der Waals surface area contributed by atoms with Crippen molar-refractivity contribution in [3.63, 3.8) is 0 Å². The van der Waals surface area contributed by atoms with Gasteiger partial charge in [0.05, 0.1) is 22.9 Å². The first-order chi connectivity index (χ1) is 11.5. The second-order valence-electron chi connectivity index (χ2n) is 6.25. The molecule has 1 atom stereocenters. The van der Waals surface area contributed by atoms with Crippen molar-refractivity contribution in [2.45, 2.75) is 45.1 Å². The number of aryl methyl sites for hydroxylation is 1. The molecule has 1 N–H and O–H groups in total. The molecule has 0 radical (unpaired) electrons. The lowest BCUT2D eigenvalue weighted by atomic mass is 10.0. The fourth-order valence-corrected chi connectivity index (χ4v) is 4.27. The Labute approximate surface area is 144 Å². The van der Waals surface area contributed by atoms with Gasteiger partial charge in [0.1, 0.15) is 5.82 Å². The zero-order valence-corrected chi connectivity index (χ0v) is 15.2. The Morgan fingerprint density at radius 1 is 1.25 bits per heavy atom. The van der Waals surface area contributed by atoms with Crippen LogP contribution >= 0.6 is 0 Å². The Hall–Kier alpha value is -1.95. The van der Waals surface area contributed by atoms with E-state index >= 15 is 0 Å². The van der Waals surface area contributed by atoms with Crippen LogP contribution in [0.3, 0.4) is 0 Å². The lowest BCUT2D eigenvalue weighted by Gasteiger charge is -2.15. The van der Waals surface area contributed by atoms with E-state index in [1.54, 1.807) is 4.68 Å². The van der Waals surface area contributed by atoms with Crippen LogP contribution in [0.2, 0.25) is 0 Å². The highest BCUT2D eigenvalue weighted by molar-refractivity contribution is 7.83. The number of nitrogens with zero attached hydrogens (tertiary/aromatic N) is 2. The van der Waals surface area contributed by atoms with E-state index < -0.39 is 10.8 Å². The highest BCUT2D eigenvalue weighted by atomic mass is 32.2. The largest absolute Gasteiger partial charge is 0.310 e. The number of rotatable bonds is 5. The quantitative estimate of drug-likeness (QED) is 0.904. The SMILES string of the molecule is CCC(CC)C(=O)Nc1c2c(nn1-c1ccc(C)cc1)C[S@@](=O)C2. The first-order valence-corrected chi connectivity index (χ1v) is 9.85. The summed E-state index contributed by atoms with van der Waals surface area (Å²) in [4.78, 5) is 12.6. The molecule has 0 fully saturated rings. The summed E-state index contributed by atoms with van der Waals surface area (Å²) in [5.74, 6) is 1.58. The highest BCUT2D eigenvalue weighted by Gasteiger charge is 2.29. The molecule has 128 valence electrons. The van der Waals surface area contributed by atoms with Gasteiger partial charge in [-0.15, -0.1) is 0 Å². The average molecular weight is 345 g/mol. The molecule has 2 heterocycles. The van der Waals surface area contributed by atoms with Gasteiger partial charge in [-0.1, -0.05) is 31.5 Å². The van der Waals surface area contributed by atoms with Gasteiger partial charge in [-0.2, -0.15) is 5.10 Å². The van der Waals surface area contributed by atoms with E-state index in [1.807, 2.05) is 45.0 Å². The average Bonchev–Trinajstić information content (AvgIpc) is 3.07. The summed E-state index contributed by atoms with van der Waals surface area (Å²) in [7, 11) is -0.923. The van der Waals surface area contributed by atoms with Crippen molar-refractivity contribution in [3.05, 3.63) is 41.1 Å². The standard InChI is InChI=1S/C18H23N3O2S/c1-4-13(5-2)18(22)19-17-15-10-24(23)11-16(15)20-21(17)14-8-6-12(3)7-9-14/h6-9,13H,4-5,10-11H2,1-3H3,(H,19,22)/t24-/m0/s1. The number of nitrogens with one attached hydrogen (secondary N) is 1. The summed E-state index contributed by atoms with van der Waals surface area (Å²) in [5.41, 5.74) is 3.81. The van der Waals surface area contributed by atoms with Crippen LogP contribution in [-0.2, 0) is 27.1 Å². The first-order valence-electron chi connectivity index (χ1n) is 8.37. The first kappa shape index (κ1) is 16.9. The predicted octanol–water partition coefficient (Wildman–Crippen LogP) is 3.32. The molecule has 5 nitrogen and oxygen atoms in total. The molecule has 1 aliphatic heterocycles. The van der Waals surface area contributed by atoms with E-state index in [9.17, 15) is 9.00 Å². The zero-order valence-electron chi connectivity index (χ0n) is 14.3. The van der Waals surface area contributed by atoms with Crippen molar-refractivity contribution >= 4 is 22.5 Å². The molecule has 1 amide bonds. The van der Waals surface area contributed by atoms with Gasteiger partial charge in [-0.25, -0.2) is 4.68 Å². The van der Waals surface area contributed by atoms with Crippen LogP contribution in [0, 0.1) is 12.8 Å². The number of anilines is 1. The van der Waals surface area contributed by atoms with Crippen LogP contribution in [-0.4, -0.2) is 19.9 Å². The van der Waals surface area contributed by atoms with Gasteiger partial charge in [0.2, 0.25) is 5.91 Å². The molecule has 24 heavy (non-hydrogen) atoms. The van der Waals surface area contributed by atoms with Crippen LogP contribution < -0.4 is 5.32 Å². The fraction of sp³-hybridized carbons (Fsp3) is 0.444. The number of aromatic nitrogens is 2. The summed E-state index contributed by atoms with van der Waals surface area (Å²) in [5, 5.41) is 7.67. The lowest BCUT2D eigenvalue weighted by molar-refractivity contribution is -0.120. The van der Waals surface area contributed by atoms with Crippen molar-refractivity contribution in [2.75, 3.05) is 5.32 Å². The maximum Gasteiger partial charge on any atom is 0.228 e. The van der Waals surface area contributed by atoms with E-state index in [2.05, 4.69) is 10.4 Å². The molecule has 0 bridgehead atoms. The predicted molar refractivity (Wildman–Crippen MR) is 96.6 cm³/mol. The molecule has 0 saturated carbocycles. The number of amides is 1. The van der Waals surface area contributed by atoms with Gasteiger partial charge in [-0.3, -0.25) is 9.00 Å². The fourth-order valence-electron chi connectivity index (χ4n) is 3.01. The third-order valence-corrected chi connectivity index (χ3v) is 5.75. The highest BCUT2D eigenvalue weighted by Crippen LogP contribution is 2.32. The van der Waals surface area contributed by atoms with Crippen LogP contribution in [0.25, 0.3) is 5.69 Å². The van der Waals surface area contributed by atoms with Gasteiger partial charge < -0.3 is 5.32 Å². The minimum Gasteiger partial charge on any atom is -0.310 e. The number of carbonyl (C=O) groups excluding carboxylic acids is 1. The summed E-state index contributed by atoms with van der Waals surface area (Å²) < 4.78 is 13.7. The molecule has 0 aliphatic carbocycles. The van der Waals surface area contributed by atoms with Gasteiger partial charge in [0.15, 0.2) is 0 Å². The maximum absolute atomic E-state index is 12.6. The topological polar surface area (TPSA) is 64.0 Å². The molecule has 0 spiro atoms. The summed E-state index contributed by atoms with van der Waals surface area (Å²) >= 11 is 0. The van der Waals surface area contributed by atoms with Gasteiger partial charge in [0, 0.05) is 22.3 Å². The third-order valence-electron chi connectivity index (χ3n) is 4.55. The molecule has 2 aromatic rings. The summed E-state index contributed by atoms with van der Waals surface area (Å²) in [6, 6.07) is 8.02. The van der Waals surface area contributed by atoms with Crippen LogP contribution in [0.15, 0.2) is 24.3 Å². The zero-order chi connectivity index (χ0) is 17.3. The molecular formula is C18H23N3O2S. The van der Waals surface area contributed by atoms with Crippen molar-refractivity contribution in [2.24, 2.45) is 5.92 Å². The molecular weight excluding hydrogens is 322 g/mol. The number of fused-ring (bicyclic) bond motifs is 1. The van der Waals surface area contributed by atoms with E-state index in [1.165, 1.54) is 5.56 Å². The molecule has 3 rings (SSSR count). The van der Waals surface area contributed by atoms with Crippen LogP contribution in [0.1, 0.15) is 43.5 Å². The molecule has 0 saturated heterocycles. The minimum atomic E-state index is -0.923. The van der Waals surface area contributed by atoms with Crippen molar-refractivity contribution in [1.82, 2.24) is 9.78 Å². The monoisotopic (exact) mass is 345 g/mol. The second-order valence-corrected chi connectivity index (χ2v) is 7.71. The third kappa shape index (κ3) is 3.15. The molecule has 6 heteroatoms. The lowest BCUT2D eigenvalue weighted by Crippen LogP contribution is -2.24. The Morgan fingerprint density at radius 3 is 2.54 bits per heavy atom. The Morgan fingerprint density at radius 2 is 1.92 bits per heavy atom. The van der Waals surface area contributed by atoms with E-state index in [4.69, 9.17) is 0 Å². The van der Waals surface area contributed by atoms with Gasteiger partial charge in [0.25, 0.3) is 0 Å². The summed E-state index contributed by atoms with van der Waals surface area (Å²) in [6.07, 6.45) is 1.60. The van der Waals surface area contributed by atoms with Crippen molar-refractivity contribution < 1.29 is 9.00 Å². The number of benzene rings is 1. The van der Waals surface area contributed by atoms with E-state index in [0.717, 1.165) is 29.8 Å². The second kappa shape index (κ2) is 6.89. The normalized spacial score (nSPS) is 16.4. The molecule has 0 unspecified atom stereocenters. The van der Waals surface area contributed by atoms with Crippen molar-refractivity contribution in [1.29, 1.82) is 0 Å². The number of carbonyl (C=O) groups is 1. The smallest absolute Gasteiger partial charge is 0.228 e. The molecule has 1 aliphatic rings. The Balaban J connectivity index is 2.01. The Kier molecular flexibility index (Phi) is 4.85. The van der Waals surface area contributed by atoms with Gasteiger partial charge in [-0.05, 0) is 31.9 Å². The van der Waals surface area contributed by atoms with Crippen LogP contribution in [0.5, 0.6) is 0 Å². The number of hydrogen-bond donors (Lipinski definition) is 1. The maximum atomic E-state index is 12.6. The van der Waals surface area contributed by atoms with Gasteiger partial charge >= 0.3 is 0 Å². The minimum absolute atomic E-state index is 0.00810.